The Morgan fingerprint density at radius 3 is 1.69 bits per heavy atom. The first-order chi connectivity index (χ1) is 5.85. The minimum atomic E-state index is -2.36. The molecule has 0 aromatic carbocycles. The molecule has 0 amide bonds. The topological polar surface area (TPSA) is 18.5 Å². The van der Waals surface area contributed by atoms with E-state index in [1.54, 1.807) is 20.3 Å². The van der Waals surface area contributed by atoms with Crippen LogP contribution in [0.25, 0.3) is 0 Å². The molecule has 0 aromatic rings. The van der Waals surface area contributed by atoms with Crippen molar-refractivity contribution in [2.45, 2.75) is 25.8 Å². The van der Waals surface area contributed by atoms with Crippen LogP contribution in [0.15, 0.2) is 24.4 Å². The molecule has 0 rings (SSSR count). The third-order valence-electron chi connectivity index (χ3n) is 2.23. The van der Waals surface area contributed by atoms with E-state index in [2.05, 4.69) is 33.9 Å². The van der Waals surface area contributed by atoms with Crippen molar-refractivity contribution in [1.82, 2.24) is 0 Å². The fraction of sp³-hybridized carbons (Fsp3) is 0.600. The molecule has 0 atom stereocenters. The minimum Gasteiger partial charge on any atom is -0.394 e. The number of hydrogen-bond acceptors (Lipinski definition) is 2. The highest BCUT2D eigenvalue weighted by atomic mass is 28.4. The van der Waals surface area contributed by atoms with Gasteiger partial charge in [0.2, 0.25) is 0 Å². The first kappa shape index (κ1) is 12.6. The van der Waals surface area contributed by atoms with Gasteiger partial charge in [-0.1, -0.05) is 40.0 Å². The van der Waals surface area contributed by atoms with E-state index < -0.39 is 8.56 Å². The molecule has 0 N–H and O–H groups in total. The largest absolute Gasteiger partial charge is 0.394 e. The van der Waals surface area contributed by atoms with Crippen LogP contribution < -0.4 is 0 Å². The molecule has 0 saturated carbocycles. The van der Waals surface area contributed by atoms with E-state index in [-0.39, 0.29) is 5.04 Å². The summed E-state index contributed by atoms with van der Waals surface area (Å²) < 4.78 is 11.1. The highest BCUT2D eigenvalue weighted by molar-refractivity contribution is 6.78. The van der Waals surface area contributed by atoms with Crippen LogP contribution in [0.2, 0.25) is 5.04 Å². The maximum Gasteiger partial charge on any atom is 0.376 e. The predicted molar refractivity (Wildman–Crippen MR) is 58.8 cm³/mol. The molecular formula is C10H20O2Si. The van der Waals surface area contributed by atoms with Gasteiger partial charge in [0.05, 0.1) is 0 Å². The molecule has 0 spiro atoms. The van der Waals surface area contributed by atoms with Crippen LogP contribution in [0.5, 0.6) is 0 Å². The van der Waals surface area contributed by atoms with Gasteiger partial charge in [-0.05, 0) is 5.20 Å². The number of allylic oxidation sites excluding steroid dienone is 2. The van der Waals surface area contributed by atoms with Crippen molar-refractivity contribution in [3.05, 3.63) is 24.4 Å². The lowest BCUT2D eigenvalue weighted by Gasteiger charge is -2.39. The van der Waals surface area contributed by atoms with E-state index in [1.807, 2.05) is 0 Å². The lowest BCUT2D eigenvalue weighted by atomic mass is 10.2. The molecule has 0 heterocycles. The van der Waals surface area contributed by atoms with E-state index in [0.29, 0.717) is 0 Å². The molecule has 0 fully saturated rings. The second-order valence-corrected chi connectivity index (χ2v) is 8.20. The molecular weight excluding hydrogens is 180 g/mol. The second-order valence-electron chi connectivity index (χ2n) is 4.00. The quantitative estimate of drug-likeness (QED) is 0.513. The van der Waals surface area contributed by atoms with Gasteiger partial charge in [0.15, 0.2) is 0 Å². The van der Waals surface area contributed by atoms with Gasteiger partial charge in [-0.25, -0.2) is 0 Å². The fourth-order valence-electron chi connectivity index (χ4n) is 1.57. The van der Waals surface area contributed by atoms with Crippen LogP contribution in [0.4, 0.5) is 0 Å². The fourth-order valence-corrected chi connectivity index (χ4v) is 4.72. The van der Waals surface area contributed by atoms with Gasteiger partial charge in [0.1, 0.15) is 0 Å². The summed E-state index contributed by atoms with van der Waals surface area (Å²) in [7, 11) is 0.992. The van der Waals surface area contributed by atoms with Crippen molar-refractivity contribution < 1.29 is 8.85 Å². The van der Waals surface area contributed by atoms with Gasteiger partial charge in [-0.15, -0.1) is 0 Å². The highest BCUT2D eigenvalue weighted by Crippen LogP contribution is 2.41. The number of rotatable bonds is 4. The van der Waals surface area contributed by atoms with Crippen LogP contribution in [-0.4, -0.2) is 22.8 Å². The van der Waals surface area contributed by atoms with Crippen LogP contribution in [0.3, 0.4) is 0 Å². The molecule has 2 nitrogen and oxygen atoms in total. The average Bonchev–Trinajstić information content (AvgIpc) is 2.04. The standard InChI is InChI=1S/C10H20O2Si/c1-8-9(2)13(11-6,12-7)10(3,4)5/h8H,1-2H2,3-7H3. The lowest BCUT2D eigenvalue weighted by molar-refractivity contribution is 0.226. The maximum atomic E-state index is 5.55. The average molecular weight is 200 g/mol. The molecule has 0 aliphatic heterocycles. The van der Waals surface area contributed by atoms with Gasteiger partial charge in [-0.3, -0.25) is 0 Å². The van der Waals surface area contributed by atoms with Gasteiger partial charge in [0.25, 0.3) is 0 Å². The first-order valence-corrected chi connectivity index (χ1v) is 6.09. The molecule has 0 unspecified atom stereocenters. The van der Waals surface area contributed by atoms with Crippen LogP contribution in [0.1, 0.15) is 20.8 Å². The Balaban J connectivity index is 5.15. The van der Waals surface area contributed by atoms with Crippen molar-refractivity contribution in [2.75, 3.05) is 14.2 Å². The third-order valence-corrected chi connectivity index (χ3v) is 6.41. The van der Waals surface area contributed by atoms with Crippen molar-refractivity contribution in [3.63, 3.8) is 0 Å². The SMILES string of the molecule is C=CC(=C)[Si](OC)(OC)C(C)(C)C. The number of hydrogen-bond donors (Lipinski definition) is 0. The van der Waals surface area contributed by atoms with Crippen molar-refractivity contribution in [1.29, 1.82) is 0 Å². The predicted octanol–water partition coefficient (Wildman–Crippen LogP) is 2.80. The summed E-state index contributed by atoms with van der Waals surface area (Å²) in [4.78, 5) is 0. The molecule has 0 aromatic heterocycles. The molecule has 0 aliphatic carbocycles. The molecule has 13 heavy (non-hydrogen) atoms. The van der Waals surface area contributed by atoms with Crippen LogP contribution in [0, 0.1) is 0 Å². The summed E-state index contributed by atoms with van der Waals surface area (Å²) in [6, 6.07) is 0. The molecule has 0 aliphatic rings. The first-order valence-electron chi connectivity index (χ1n) is 4.28. The normalized spacial score (nSPS) is 12.7. The Kier molecular flexibility index (Phi) is 4.09. The highest BCUT2D eigenvalue weighted by Gasteiger charge is 2.49. The summed E-state index contributed by atoms with van der Waals surface area (Å²) in [6.07, 6.45) is 1.73. The zero-order valence-electron chi connectivity index (χ0n) is 9.31. The van der Waals surface area contributed by atoms with Gasteiger partial charge in [0, 0.05) is 19.3 Å². The monoisotopic (exact) mass is 200 g/mol. The summed E-state index contributed by atoms with van der Waals surface area (Å²) >= 11 is 0. The van der Waals surface area contributed by atoms with Crippen molar-refractivity contribution in [3.8, 4) is 0 Å². The molecule has 3 heteroatoms. The van der Waals surface area contributed by atoms with E-state index in [9.17, 15) is 0 Å². The molecule has 0 bridgehead atoms. The third kappa shape index (κ3) is 2.10. The van der Waals surface area contributed by atoms with Gasteiger partial charge >= 0.3 is 8.56 Å². The lowest BCUT2D eigenvalue weighted by Crippen LogP contribution is -2.50. The van der Waals surface area contributed by atoms with Crippen LogP contribution in [-0.2, 0) is 8.85 Å². The molecule has 76 valence electrons. The Morgan fingerprint density at radius 1 is 1.23 bits per heavy atom. The van der Waals surface area contributed by atoms with Gasteiger partial charge in [-0.2, -0.15) is 0 Å². The minimum absolute atomic E-state index is 0.0399. The molecule has 0 saturated heterocycles. The summed E-state index contributed by atoms with van der Waals surface area (Å²) in [5, 5.41) is 0.840. The van der Waals surface area contributed by atoms with Crippen LogP contribution >= 0.6 is 0 Å². The maximum absolute atomic E-state index is 5.55. The summed E-state index contributed by atoms with van der Waals surface area (Å²) in [5.41, 5.74) is 0. The van der Waals surface area contributed by atoms with Gasteiger partial charge < -0.3 is 8.85 Å². The Morgan fingerprint density at radius 2 is 1.62 bits per heavy atom. The second kappa shape index (κ2) is 4.22. The summed E-state index contributed by atoms with van der Waals surface area (Å²) in [5.74, 6) is 0. The van der Waals surface area contributed by atoms with E-state index >= 15 is 0 Å². The van der Waals surface area contributed by atoms with E-state index in [4.69, 9.17) is 8.85 Å². The smallest absolute Gasteiger partial charge is 0.376 e. The molecule has 0 radical (unpaired) electrons. The zero-order chi connectivity index (χ0) is 10.7. The summed E-state index contributed by atoms with van der Waals surface area (Å²) in [6.45, 7) is 14.0. The Labute approximate surface area is 82.5 Å². The van der Waals surface area contributed by atoms with E-state index in [1.165, 1.54) is 0 Å². The Bertz CT molecular complexity index is 199. The Hall–Kier alpha value is -0.383. The zero-order valence-corrected chi connectivity index (χ0v) is 10.3. The van der Waals surface area contributed by atoms with Crippen molar-refractivity contribution in [2.24, 2.45) is 0 Å². The van der Waals surface area contributed by atoms with E-state index in [0.717, 1.165) is 5.20 Å². The van der Waals surface area contributed by atoms with Crippen molar-refractivity contribution >= 4 is 8.56 Å².